The number of anilines is 2. The Kier molecular flexibility index (Phi) is 4.18. The van der Waals surface area contributed by atoms with Crippen LogP contribution in [0.15, 0.2) is 18.2 Å². The lowest BCUT2D eigenvalue weighted by atomic mass is 9.94. The van der Waals surface area contributed by atoms with Gasteiger partial charge in [0.15, 0.2) is 0 Å². The number of nitrogens with zero attached hydrogens (tertiary/aromatic N) is 1. The van der Waals surface area contributed by atoms with Gasteiger partial charge in [-0.15, -0.1) is 0 Å². The van der Waals surface area contributed by atoms with Crippen molar-refractivity contribution < 1.29 is 9.53 Å². The van der Waals surface area contributed by atoms with Crippen molar-refractivity contribution in [2.45, 2.75) is 25.3 Å². The SMILES string of the molecule is CN(C)c1ccc(C(=O)NC2(C)CCCOC2)cc1N. The molecule has 3 N–H and O–H groups in total. The van der Waals surface area contributed by atoms with Gasteiger partial charge in [0, 0.05) is 26.3 Å². The Labute approximate surface area is 120 Å². The second-order valence-electron chi connectivity index (χ2n) is 5.84. The summed E-state index contributed by atoms with van der Waals surface area (Å²) in [6.45, 7) is 3.35. The van der Waals surface area contributed by atoms with Crippen LogP contribution in [0.2, 0.25) is 0 Å². The molecule has 0 aliphatic carbocycles. The van der Waals surface area contributed by atoms with Gasteiger partial charge in [0.05, 0.1) is 23.5 Å². The molecule has 0 bridgehead atoms. The van der Waals surface area contributed by atoms with Gasteiger partial charge >= 0.3 is 0 Å². The molecule has 5 heteroatoms. The predicted molar refractivity (Wildman–Crippen MR) is 81.1 cm³/mol. The first-order chi connectivity index (χ1) is 9.41. The van der Waals surface area contributed by atoms with Gasteiger partial charge in [-0.05, 0) is 38.0 Å². The van der Waals surface area contributed by atoms with E-state index in [2.05, 4.69) is 5.32 Å². The Morgan fingerprint density at radius 1 is 1.45 bits per heavy atom. The summed E-state index contributed by atoms with van der Waals surface area (Å²) in [7, 11) is 3.84. The number of hydrogen-bond donors (Lipinski definition) is 2. The molecule has 110 valence electrons. The minimum absolute atomic E-state index is 0.102. The van der Waals surface area contributed by atoms with Crippen LogP contribution in [0.4, 0.5) is 11.4 Å². The second-order valence-corrected chi connectivity index (χ2v) is 5.84. The van der Waals surface area contributed by atoms with Crippen molar-refractivity contribution in [1.29, 1.82) is 0 Å². The summed E-state index contributed by atoms with van der Waals surface area (Å²) in [4.78, 5) is 14.2. The zero-order valence-corrected chi connectivity index (χ0v) is 12.4. The fourth-order valence-electron chi connectivity index (χ4n) is 2.48. The minimum Gasteiger partial charge on any atom is -0.397 e. The molecule has 1 heterocycles. The molecule has 20 heavy (non-hydrogen) atoms. The smallest absolute Gasteiger partial charge is 0.251 e. The number of carbonyl (C=O) groups is 1. The fourth-order valence-corrected chi connectivity index (χ4v) is 2.48. The van der Waals surface area contributed by atoms with Crippen LogP contribution in [0.25, 0.3) is 0 Å². The molecule has 1 fully saturated rings. The van der Waals surface area contributed by atoms with Crippen LogP contribution in [-0.4, -0.2) is 38.8 Å². The topological polar surface area (TPSA) is 67.6 Å². The van der Waals surface area contributed by atoms with Gasteiger partial charge in [-0.3, -0.25) is 4.79 Å². The molecular formula is C15H23N3O2. The lowest BCUT2D eigenvalue weighted by Crippen LogP contribution is -2.51. The molecule has 1 aliphatic heterocycles. The van der Waals surface area contributed by atoms with E-state index in [4.69, 9.17) is 10.5 Å². The van der Waals surface area contributed by atoms with Crippen molar-refractivity contribution in [1.82, 2.24) is 5.32 Å². The maximum absolute atomic E-state index is 12.3. The number of hydrogen-bond acceptors (Lipinski definition) is 4. The molecule has 1 aliphatic rings. The summed E-state index contributed by atoms with van der Waals surface area (Å²) in [5, 5.41) is 3.05. The Morgan fingerprint density at radius 2 is 2.20 bits per heavy atom. The van der Waals surface area contributed by atoms with Gasteiger partial charge in [-0.2, -0.15) is 0 Å². The molecule has 1 atom stereocenters. The number of carbonyl (C=O) groups excluding carboxylic acids is 1. The van der Waals surface area contributed by atoms with Crippen molar-refractivity contribution in [3.8, 4) is 0 Å². The van der Waals surface area contributed by atoms with Gasteiger partial charge in [-0.1, -0.05) is 0 Å². The van der Waals surface area contributed by atoms with E-state index < -0.39 is 0 Å². The minimum atomic E-state index is -0.287. The first-order valence-electron chi connectivity index (χ1n) is 6.88. The first kappa shape index (κ1) is 14.7. The zero-order chi connectivity index (χ0) is 14.8. The summed E-state index contributed by atoms with van der Waals surface area (Å²) >= 11 is 0. The van der Waals surface area contributed by atoms with Crippen LogP contribution >= 0.6 is 0 Å². The highest BCUT2D eigenvalue weighted by Gasteiger charge is 2.29. The largest absolute Gasteiger partial charge is 0.397 e. The summed E-state index contributed by atoms with van der Waals surface area (Å²) < 4.78 is 5.45. The highest BCUT2D eigenvalue weighted by atomic mass is 16.5. The van der Waals surface area contributed by atoms with Gasteiger partial charge in [0.25, 0.3) is 5.91 Å². The lowest BCUT2D eigenvalue weighted by molar-refractivity contribution is 0.0272. The monoisotopic (exact) mass is 277 g/mol. The maximum atomic E-state index is 12.3. The lowest BCUT2D eigenvalue weighted by Gasteiger charge is -2.34. The summed E-state index contributed by atoms with van der Waals surface area (Å²) in [6.07, 6.45) is 1.91. The summed E-state index contributed by atoms with van der Waals surface area (Å²) in [5.41, 5.74) is 7.79. The zero-order valence-electron chi connectivity index (χ0n) is 12.4. The van der Waals surface area contributed by atoms with E-state index in [9.17, 15) is 4.79 Å². The molecule has 1 aromatic carbocycles. The Hall–Kier alpha value is -1.75. The maximum Gasteiger partial charge on any atom is 0.251 e. The molecule has 1 unspecified atom stereocenters. The molecule has 2 rings (SSSR count). The quantitative estimate of drug-likeness (QED) is 0.824. The third-order valence-electron chi connectivity index (χ3n) is 3.62. The van der Waals surface area contributed by atoms with Crippen LogP contribution in [0, 0.1) is 0 Å². The Morgan fingerprint density at radius 3 is 2.75 bits per heavy atom. The van der Waals surface area contributed by atoms with Crippen LogP contribution < -0.4 is 16.0 Å². The molecule has 0 spiro atoms. The van der Waals surface area contributed by atoms with Gasteiger partial charge in [0.1, 0.15) is 0 Å². The average Bonchev–Trinajstić information content (AvgIpc) is 2.38. The highest BCUT2D eigenvalue weighted by Crippen LogP contribution is 2.23. The number of nitrogens with two attached hydrogens (primary N) is 1. The van der Waals surface area contributed by atoms with E-state index in [0.717, 1.165) is 25.1 Å². The van der Waals surface area contributed by atoms with Crippen molar-refractivity contribution in [3.63, 3.8) is 0 Å². The molecule has 0 aromatic heterocycles. The van der Waals surface area contributed by atoms with Crippen molar-refractivity contribution in [2.75, 3.05) is 37.9 Å². The van der Waals surface area contributed by atoms with Crippen LogP contribution in [0.3, 0.4) is 0 Å². The van der Waals surface area contributed by atoms with E-state index in [1.54, 1.807) is 12.1 Å². The number of amides is 1. The summed E-state index contributed by atoms with van der Waals surface area (Å²) in [6, 6.07) is 5.38. The highest BCUT2D eigenvalue weighted by molar-refractivity contribution is 5.96. The Bertz CT molecular complexity index is 494. The van der Waals surface area contributed by atoms with E-state index in [0.29, 0.717) is 17.9 Å². The molecule has 0 radical (unpaired) electrons. The van der Waals surface area contributed by atoms with Crippen LogP contribution in [0.5, 0.6) is 0 Å². The number of nitrogen functional groups attached to an aromatic ring is 1. The number of nitrogens with one attached hydrogen (secondary N) is 1. The van der Waals surface area contributed by atoms with E-state index in [-0.39, 0.29) is 11.4 Å². The standard InChI is InChI=1S/C15H23N3O2/c1-15(7-4-8-20-10-15)17-14(19)11-5-6-13(18(2)3)12(16)9-11/h5-6,9H,4,7-8,10,16H2,1-3H3,(H,17,19). The van der Waals surface area contributed by atoms with E-state index in [1.165, 1.54) is 0 Å². The number of ether oxygens (including phenoxy) is 1. The van der Waals surface area contributed by atoms with Crippen molar-refractivity contribution in [2.24, 2.45) is 0 Å². The molecular weight excluding hydrogens is 254 g/mol. The molecule has 1 saturated heterocycles. The third kappa shape index (κ3) is 3.22. The van der Waals surface area contributed by atoms with Gasteiger partial charge in [-0.25, -0.2) is 0 Å². The number of rotatable bonds is 3. The summed E-state index contributed by atoms with van der Waals surface area (Å²) in [5.74, 6) is -0.102. The first-order valence-corrected chi connectivity index (χ1v) is 6.88. The molecule has 0 saturated carbocycles. The third-order valence-corrected chi connectivity index (χ3v) is 3.62. The average molecular weight is 277 g/mol. The van der Waals surface area contributed by atoms with Crippen LogP contribution in [-0.2, 0) is 4.74 Å². The number of benzene rings is 1. The van der Waals surface area contributed by atoms with Crippen molar-refractivity contribution in [3.05, 3.63) is 23.8 Å². The van der Waals surface area contributed by atoms with Gasteiger partial charge < -0.3 is 20.7 Å². The Balaban J connectivity index is 2.11. The van der Waals surface area contributed by atoms with E-state index >= 15 is 0 Å². The van der Waals surface area contributed by atoms with Crippen LogP contribution in [0.1, 0.15) is 30.1 Å². The fraction of sp³-hybridized carbons (Fsp3) is 0.533. The van der Waals surface area contributed by atoms with Crippen molar-refractivity contribution >= 4 is 17.3 Å². The molecule has 5 nitrogen and oxygen atoms in total. The molecule has 1 amide bonds. The molecule has 1 aromatic rings. The second kappa shape index (κ2) is 5.71. The van der Waals surface area contributed by atoms with E-state index in [1.807, 2.05) is 32.0 Å². The predicted octanol–water partition coefficient (Wildman–Crippen LogP) is 1.63. The van der Waals surface area contributed by atoms with Gasteiger partial charge in [0.2, 0.25) is 0 Å². The normalized spacial score (nSPS) is 22.4.